The number of para-hydroxylation sites is 8. The highest BCUT2D eigenvalue weighted by molar-refractivity contribution is 7.87. The first-order chi connectivity index (χ1) is 59.6. The van der Waals surface area contributed by atoms with Crippen LogP contribution in [0.2, 0.25) is 0 Å². The quantitative estimate of drug-likeness (QED) is 0.123. The Balaban J connectivity index is 0.000000106. The molecule has 16 heteroatoms. The van der Waals surface area contributed by atoms with E-state index in [-0.39, 0.29) is 0 Å². The Kier molecular flexibility index (Phi) is 16.7. The predicted octanol–water partition coefficient (Wildman–Crippen LogP) is 21.2. The molecule has 3 aliphatic rings. The monoisotopic (exact) mass is 1620 g/mol. The van der Waals surface area contributed by atoms with Crippen LogP contribution in [0.1, 0.15) is 38.2 Å². The number of hydrogen-bond acceptors (Lipinski definition) is 8. The fourth-order valence-electron chi connectivity index (χ4n) is 19.6. The summed E-state index contributed by atoms with van der Waals surface area (Å²) in [6.07, 6.45) is 2.30. The first kappa shape index (κ1) is 72.1. The van der Waals surface area contributed by atoms with Crippen molar-refractivity contribution in [2.75, 3.05) is 0 Å². The third-order valence-electron chi connectivity index (χ3n) is 24.7. The highest BCUT2D eigenvalue weighted by Gasteiger charge is 2.46. The maximum Gasteiger partial charge on any atom is 0.177 e. The lowest BCUT2D eigenvalue weighted by atomic mass is 10.0. The summed E-state index contributed by atoms with van der Waals surface area (Å²) >= 11 is 0. The zero-order chi connectivity index (χ0) is 81.0. The van der Waals surface area contributed by atoms with E-state index in [0.717, 1.165) is 196 Å². The lowest BCUT2D eigenvalue weighted by molar-refractivity contribution is 0.591. The van der Waals surface area contributed by atoms with Crippen molar-refractivity contribution in [3.05, 3.63) is 381 Å². The molecule has 3 aliphatic heterocycles. The van der Waals surface area contributed by atoms with E-state index in [0.29, 0.717) is 5.69 Å². The number of rotatable bonds is 10. The molecule has 16 aromatic carbocycles. The number of hydrogen-bond donors (Lipinski definition) is 0. The largest absolute Gasteiger partial charge is 0.308 e. The normalized spacial score (nSPS) is 16.0. The Morgan fingerprint density at radius 3 is 1.06 bits per heavy atom. The van der Waals surface area contributed by atoms with Gasteiger partial charge in [0, 0.05) is 83.8 Å². The molecule has 0 aliphatic carbocycles. The number of imidazole rings is 3. The Hall–Kier alpha value is -14.2. The molecule has 3 atom stereocenters. The molecular formula is C105H75N10O3P3. The van der Waals surface area contributed by atoms with Crippen LogP contribution in [-0.4, -0.2) is 47.8 Å². The number of fused-ring (bicyclic) bond motifs is 15. The van der Waals surface area contributed by atoms with Gasteiger partial charge in [0.05, 0.1) is 122 Å². The first-order valence-electron chi connectivity index (χ1n) is 41.2. The number of benzene rings is 16. The highest BCUT2D eigenvalue weighted by Crippen LogP contribution is 2.56. The lowest BCUT2D eigenvalue weighted by Crippen LogP contribution is -2.35. The Bertz CT molecular complexity index is 8180. The zero-order valence-electron chi connectivity index (χ0n) is 66.3. The fraction of sp³-hybridized carbons (Fsp3) is 0.0571. The van der Waals surface area contributed by atoms with Crippen molar-refractivity contribution in [2.24, 2.45) is 0 Å². The second kappa shape index (κ2) is 28.0. The summed E-state index contributed by atoms with van der Waals surface area (Å²) in [5.74, 6) is 2.90. The van der Waals surface area contributed by atoms with Gasteiger partial charge in [-0.15, -0.1) is 0 Å². The molecule has 3 unspecified atom stereocenters. The molecule has 0 N–H and O–H groups in total. The molecule has 6 aromatic heterocycles. The molecule has 22 aromatic rings. The Labute approximate surface area is 696 Å². The minimum absolute atomic E-state index is 0.716. The van der Waals surface area contributed by atoms with E-state index in [4.69, 9.17) is 24.9 Å². The van der Waals surface area contributed by atoms with Crippen LogP contribution in [0.3, 0.4) is 0 Å². The van der Waals surface area contributed by atoms with Crippen LogP contribution in [0.4, 0.5) is 0 Å². The van der Waals surface area contributed by atoms with E-state index >= 15 is 13.7 Å². The summed E-state index contributed by atoms with van der Waals surface area (Å²) in [6, 6.07) is 123. The van der Waals surface area contributed by atoms with Crippen molar-refractivity contribution in [1.29, 1.82) is 0 Å². The topological polar surface area (TPSA) is 140 Å². The SMILES string of the molecule is CCc1nc2ccc(-c3nc4ccccc4nc3-c3ccccc3)c3c2n1-c1ccccc1P3(=O)c1ccccc1.CCc1nc2ccc(-n3c4ccccc4c4c5ccccc5ccc43)c3c2n1-c1ccccc1P3(=O)c1ccccc1.CCc1nc2ccc(-n3c4ccccc4c4ccccc43)c3c2n1-c1ccccc1P3(=O)c1ccccc1. The number of nitrogens with zero attached hydrogens (tertiary/aromatic N) is 10. The fourth-order valence-corrected chi connectivity index (χ4v) is 29.1. The van der Waals surface area contributed by atoms with E-state index in [1.54, 1.807) is 0 Å². The van der Waals surface area contributed by atoms with Crippen LogP contribution >= 0.6 is 21.4 Å². The van der Waals surface area contributed by atoms with Crippen LogP contribution in [0.15, 0.2) is 364 Å². The van der Waals surface area contributed by atoms with E-state index < -0.39 is 21.4 Å². The standard InChI is InChI=1S/C37H26N3OP.C35H25N4OP.C33H24N3OP/c1-2-34-38-28-21-23-32(39-29-17-9-8-16-27(29)35-26-15-7-6-12-24(26)20-22-31(35)39)37-36(28)40(34)30-18-10-11-19-33(30)42(37,41)25-13-4-3-5-14-25;1-2-31-36-28-22-21-25(33-32(23-13-5-3-6-14-23)37-26-17-9-10-18-27(26)38-33)35-34(28)39(31)29-19-11-12-20-30(29)41(35,40)24-15-7-4-8-16-24;1-2-31-34-25-20-21-29(35-26-16-8-6-14-23(26)24-15-7-9-17-27(24)35)33-32(25)36(31)28-18-10-11-19-30(28)38(33,37)22-12-4-3-5-13-22/h3-23H,2H2,1H3;3-22H,2H2,1H3;3-21H,2H2,1H3. The van der Waals surface area contributed by atoms with Crippen LogP contribution in [0.25, 0.3) is 149 Å². The molecule has 121 heavy (non-hydrogen) atoms. The summed E-state index contributed by atoms with van der Waals surface area (Å²) in [7, 11) is -9.97. The molecule has 13 nitrogen and oxygen atoms in total. The summed E-state index contributed by atoms with van der Waals surface area (Å²) < 4.78 is 59.3. The van der Waals surface area contributed by atoms with Gasteiger partial charge in [-0.25, -0.2) is 24.9 Å². The summed E-state index contributed by atoms with van der Waals surface area (Å²) in [5.41, 5.74) is 19.4. The van der Waals surface area contributed by atoms with Gasteiger partial charge in [-0.2, -0.15) is 0 Å². The molecule has 578 valence electrons. The number of aromatic nitrogens is 10. The number of aryl methyl sites for hydroxylation is 3. The van der Waals surface area contributed by atoms with Gasteiger partial charge in [-0.1, -0.05) is 276 Å². The van der Waals surface area contributed by atoms with E-state index in [1.807, 2.05) is 200 Å². The van der Waals surface area contributed by atoms with Gasteiger partial charge < -0.3 is 22.8 Å². The predicted molar refractivity (Wildman–Crippen MR) is 500 cm³/mol. The molecule has 9 heterocycles. The average molecular weight is 1620 g/mol. The average Bonchev–Trinajstić information content (AvgIpc) is 1.53. The van der Waals surface area contributed by atoms with Gasteiger partial charge >= 0.3 is 0 Å². The minimum Gasteiger partial charge on any atom is -0.308 e. The smallest absolute Gasteiger partial charge is 0.177 e. The Morgan fingerprint density at radius 1 is 0.248 bits per heavy atom. The molecule has 0 saturated carbocycles. The van der Waals surface area contributed by atoms with Crippen molar-refractivity contribution in [3.63, 3.8) is 0 Å². The third kappa shape index (κ3) is 10.5. The second-order valence-corrected chi connectivity index (χ2v) is 39.1. The van der Waals surface area contributed by atoms with E-state index in [1.165, 1.54) is 32.3 Å². The van der Waals surface area contributed by atoms with E-state index in [9.17, 15) is 0 Å². The zero-order valence-corrected chi connectivity index (χ0v) is 69.0. The molecule has 0 spiro atoms. The maximum atomic E-state index is 16.1. The van der Waals surface area contributed by atoms with Gasteiger partial charge in [0.15, 0.2) is 21.4 Å². The highest BCUT2D eigenvalue weighted by atomic mass is 31.2. The van der Waals surface area contributed by atoms with Crippen molar-refractivity contribution in [3.8, 4) is 51.0 Å². The third-order valence-corrected chi connectivity index (χ3v) is 34.1. The van der Waals surface area contributed by atoms with Crippen molar-refractivity contribution in [1.82, 2.24) is 47.8 Å². The van der Waals surface area contributed by atoms with Gasteiger partial charge in [0.1, 0.15) is 17.5 Å². The van der Waals surface area contributed by atoms with Crippen LogP contribution in [0, 0.1) is 0 Å². The molecule has 0 saturated heterocycles. The van der Waals surface area contributed by atoms with Gasteiger partial charge in [-0.05, 0) is 120 Å². The maximum absolute atomic E-state index is 16.1. The minimum atomic E-state index is -3.36. The van der Waals surface area contributed by atoms with Crippen molar-refractivity contribution in [2.45, 2.75) is 40.0 Å². The lowest BCUT2D eigenvalue weighted by Gasteiger charge is -2.31. The van der Waals surface area contributed by atoms with Crippen LogP contribution < -0.4 is 47.7 Å². The summed E-state index contributed by atoms with van der Waals surface area (Å²) in [4.78, 5) is 25.5. The van der Waals surface area contributed by atoms with Gasteiger partial charge in [-0.3, -0.25) is 13.7 Å². The second-order valence-electron chi connectivity index (χ2n) is 31.1. The van der Waals surface area contributed by atoms with E-state index in [2.05, 4.69) is 207 Å². The van der Waals surface area contributed by atoms with Gasteiger partial charge in [0.25, 0.3) is 0 Å². The Morgan fingerprint density at radius 2 is 0.595 bits per heavy atom. The van der Waals surface area contributed by atoms with Crippen molar-refractivity contribution >= 4 is 168 Å². The first-order valence-corrected chi connectivity index (χ1v) is 46.4. The molecular weight excluding hydrogens is 1540 g/mol. The molecule has 0 fully saturated rings. The summed E-state index contributed by atoms with van der Waals surface area (Å²) in [6.45, 7) is 6.38. The molecule has 0 bridgehead atoms. The van der Waals surface area contributed by atoms with Crippen molar-refractivity contribution < 1.29 is 13.7 Å². The molecule has 0 amide bonds. The molecule has 25 rings (SSSR count). The molecule has 0 radical (unpaired) electrons. The van der Waals surface area contributed by atoms with Crippen LogP contribution in [0.5, 0.6) is 0 Å². The summed E-state index contributed by atoms with van der Waals surface area (Å²) in [5, 5.41) is 14.7. The van der Waals surface area contributed by atoms with Gasteiger partial charge in [0.2, 0.25) is 0 Å². The van der Waals surface area contributed by atoms with Crippen LogP contribution in [-0.2, 0) is 33.0 Å².